The maximum atomic E-state index is 12.8. The molecule has 0 aliphatic carbocycles. The fourth-order valence-corrected chi connectivity index (χ4v) is 3.41. The number of para-hydroxylation sites is 1. The molecule has 0 saturated carbocycles. The first-order valence-electron chi connectivity index (χ1n) is 8.71. The van der Waals surface area contributed by atoms with Crippen LogP contribution in [-0.4, -0.2) is 29.8 Å². The van der Waals surface area contributed by atoms with Crippen LogP contribution in [0.3, 0.4) is 0 Å². The molecular weight excluding hydrogens is 376 g/mol. The van der Waals surface area contributed by atoms with Crippen molar-refractivity contribution in [2.45, 2.75) is 13.8 Å². The maximum absolute atomic E-state index is 12.8. The molecule has 3 aromatic rings. The molecule has 0 aliphatic heterocycles. The van der Waals surface area contributed by atoms with Crippen LogP contribution in [0.5, 0.6) is 11.5 Å². The van der Waals surface area contributed by atoms with Crippen molar-refractivity contribution in [3.05, 3.63) is 76.1 Å². The highest BCUT2D eigenvalue weighted by atomic mass is 35.5. The van der Waals surface area contributed by atoms with E-state index in [1.165, 1.54) is 20.3 Å². The maximum Gasteiger partial charge on any atom is 0.189 e. The van der Waals surface area contributed by atoms with Gasteiger partial charge in [0.1, 0.15) is 0 Å². The van der Waals surface area contributed by atoms with Gasteiger partial charge in [-0.25, -0.2) is 4.68 Å². The van der Waals surface area contributed by atoms with Crippen LogP contribution in [0.2, 0.25) is 5.02 Å². The van der Waals surface area contributed by atoms with Crippen molar-refractivity contribution in [2.24, 2.45) is 0 Å². The number of halogens is 1. The quantitative estimate of drug-likeness (QED) is 0.432. The number of methoxy groups -OCH3 is 2. The van der Waals surface area contributed by atoms with E-state index in [1.807, 2.05) is 44.2 Å². The highest BCUT2D eigenvalue weighted by Crippen LogP contribution is 2.36. The van der Waals surface area contributed by atoms with Gasteiger partial charge < -0.3 is 9.47 Å². The standard InChI is InChI=1S/C22H21ClN2O3/c1-14-21(15(2)25(24-14)17-8-6-5-7-9-17)19(26)11-10-16-12-18(23)22(28-4)20(13-16)27-3/h5-13H,1-4H3/b11-10+. The first-order chi connectivity index (χ1) is 13.5. The molecule has 5 nitrogen and oxygen atoms in total. The summed E-state index contributed by atoms with van der Waals surface area (Å²) < 4.78 is 12.3. The smallest absolute Gasteiger partial charge is 0.189 e. The van der Waals surface area contributed by atoms with E-state index in [1.54, 1.807) is 22.9 Å². The summed E-state index contributed by atoms with van der Waals surface area (Å²) in [6.07, 6.45) is 3.22. The monoisotopic (exact) mass is 396 g/mol. The van der Waals surface area contributed by atoms with Gasteiger partial charge in [0, 0.05) is 0 Å². The third-order valence-electron chi connectivity index (χ3n) is 4.42. The average molecular weight is 397 g/mol. The summed E-state index contributed by atoms with van der Waals surface area (Å²) in [6.45, 7) is 3.72. The second kappa shape index (κ2) is 8.31. The molecule has 0 fully saturated rings. The zero-order valence-corrected chi connectivity index (χ0v) is 16.9. The van der Waals surface area contributed by atoms with Gasteiger partial charge in [-0.05, 0) is 49.8 Å². The number of nitrogens with zero attached hydrogens (tertiary/aromatic N) is 2. The highest BCUT2D eigenvalue weighted by molar-refractivity contribution is 6.32. The molecule has 0 N–H and O–H groups in total. The SMILES string of the molecule is COc1cc(/C=C/C(=O)c2c(C)nn(-c3ccccc3)c2C)cc(Cl)c1OC. The molecule has 1 heterocycles. The van der Waals surface area contributed by atoms with Crippen LogP contribution >= 0.6 is 11.6 Å². The van der Waals surface area contributed by atoms with Gasteiger partial charge in [-0.2, -0.15) is 5.10 Å². The van der Waals surface area contributed by atoms with E-state index in [0.717, 1.165) is 16.9 Å². The third kappa shape index (κ3) is 3.80. The van der Waals surface area contributed by atoms with Gasteiger partial charge in [0.05, 0.1) is 41.9 Å². The number of ketones is 1. The van der Waals surface area contributed by atoms with Crippen LogP contribution < -0.4 is 9.47 Å². The third-order valence-corrected chi connectivity index (χ3v) is 4.70. The van der Waals surface area contributed by atoms with Crippen molar-refractivity contribution >= 4 is 23.5 Å². The van der Waals surface area contributed by atoms with E-state index >= 15 is 0 Å². The summed E-state index contributed by atoms with van der Waals surface area (Å²) in [6, 6.07) is 13.2. The Kier molecular flexibility index (Phi) is 5.85. The number of rotatable bonds is 6. The molecule has 28 heavy (non-hydrogen) atoms. The number of ether oxygens (including phenoxy) is 2. The van der Waals surface area contributed by atoms with E-state index < -0.39 is 0 Å². The van der Waals surface area contributed by atoms with Crippen LogP contribution in [0.15, 0.2) is 48.5 Å². The topological polar surface area (TPSA) is 53.3 Å². The molecule has 0 amide bonds. The summed E-state index contributed by atoms with van der Waals surface area (Å²) >= 11 is 6.23. The van der Waals surface area contributed by atoms with Crippen molar-refractivity contribution in [3.8, 4) is 17.2 Å². The minimum atomic E-state index is -0.122. The number of aromatic nitrogens is 2. The number of carbonyl (C=O) groups excluding carboxylic acids is 1. The molecule has 0 unspecified atom stereocenters. The molecule has 144 valence electrons. The van der Waals surface area contributed by atoms with Gasteiger partial charge in [-0.1, -0.05) is 35.9 Å². The summed E-state index contributed by atoms with van der Waals surface area (Å²) in [4.78, 5) is 12.8. The molecule has 0 saturated heterocycles. The molecule has 2 aromatic carbocycles. The van der Waals surface area contributed by atoms with Crippen LogP contribution in [0, 0.1) is 13.8 Å². The van der Waals surface area contributed by atoms with E-state index in [2.05, 4.69) is 5.10 Å². The van der Waals surface area contributed by atoms with Gasteiger partial charge in [0.15, 0.2) is 17.3 Å². The van der Waals surface area contributed by atoms with Gasteiger partial charge in [-0.15, -0.1) is 0 Å². The zero-order valence-electron chi connectivity index (χ0n) is 16.2. The van der Waals surface area contributed by atoms with Crippen molar-refractivity contribution in [2.75, 3.05) is 14.2 Å². The largest absolute Gasteiger partial charge is 0.493 e. The molecule has 6 heteroatoms. The summed E-state index contributed by atoms with van der Waals surface area (Å²) in [5.41, 5.74) is 3.72. The van der Waals surface area contributed by atoms with Crippen molar-refractivity contribution in [1.29, 1.82) is 0 Å². The first kappa shape index (κ1) is 19.7. The lowest BCUT2D eigenvalue weighted by Gasteiger charge is -2.10. The fraction of sp³-hybridized carbons (Fsp3) is 0.182. The first-order valence-corrected chi connectivity index (χ1v) is 9.09. The summed E-state index contributed by atoms with van der Waals surface area (Å²) in [7, 11) is 3.07. The lowest BCUT2D eigenvalue weighted by molar-refractivity contribution is 0.104. The Labute approximate surface area is 169 Å². The van der Waals surface area contributed by atoms with Crippen LogP contribution in [0.25, 0.3) is 11.8 Å². The van der Waals surface area contributed by atoms with Gasteiger partial charge in [-0.3, -0.25) is 4.79 Å². The molecule has 0 bridgehead atoms. The zero-order chi connectivity index (χ0) is 20.3. The number of benzene rings is 2. The van der Waals surface area contributed by atoms with Crippen molar-refractivity contribution < 1.29 is 14.3 Å². The van der Waals surface area contributed by atoms with E-state index in [4.69, 9.17) is 21.1 Å². The molecule has 0 atom stereocenters. The normalized spacial score (nSPS) is 11.0. The fourth-order valence-electron chi connectivity index (χ4n) is 3.11. The number of aryl methyl sites for hydroxylation is 1. The average Bonchev–Trinajstić information content (AvgIpc) is 3.00. The molecule has 3 rings (SSSR count). The number of hydrogen-bond acceptors (Lipinski definition) is 4. The van der Waals surface area contributed by atoms with E-state index in [0.29, 0.717) is 27.8 Å². The van der Waals surface area contributed by atoms with Crippen LogP contribution in [0.1, 0.15) is 27.3 Å². The lowest BCUT2D eigenvalue weighted by atomic mass is 10.1. The number of hydrogen-bond donors (Lipinski definition) is 0. The van der Waals surface area contributed by atoms with E-state index in [-0.39, 0.29) is 5.78 Å². The Bertz CT molecular complexity index is 1040. The lowest BCUT2D eigenvalue weighted by Crippen LogP contribution is -2.01. The Hall–Kier alpha value is -3.05. The molecule has 0 spiro atoms. The van der Waals surface area contributed by atoms with Crippen LogP contribution in [-0.2, 0) is 0 Å². The predicted molar refractivity (Wildman–Crippen MR) is 111 cm³/mol. The van der Waals surface area contributed by atoms with Gasteiger partial charge in [0.2, 0.25) is 0 Å². The Balaban J connectivity index is 1.92. The highest BCUT2D eigenvalue weighted by Gasteiger charge is 2.17. The minimum absolute atomic E-state index is 0.122. The summed E-state index contributed by atoms with van der Waals surface area (Å²) in [5.74, 6) is 0.845. The van der Waals surface area contributed by atoms with Crippen LogP contribution in [0.4, 0.5) is 0 Å². The number of carbonyl (C=O) groups is 1. The Morgan fingerprint density at radius 2 is 1.82 bits per heavy atom. The molecule has 1 aromatic heterocycles. The molecule has 0 radical (unpaired) electrons. The Morgan fingerprint density at radius 1 is 1.11 bits per heavy atom. The second-order valence-electron chi connectivity index (χ2n) is 6.23. The number of allylic oxidation sites excluding steroid dienone is 1. The van der Waals surface area contributed by atoms with Gasteiger partial charge >= 0.3 is 0 Å². The molecular formula is C22H21ClN2O3. The second-order valence-corrected chi connectivity index (χ2v) is 6.64. The van der Waals surface area contributed by atoms with Gasteiger partial charge in [0.25, 0.3) is 0 Å². The molecule has 0 aliphatic rings. The predicted octanol–water partition coefficient (Wildman–Crippen LogP) is 5.06. The Morgan fingerprint density at radius 3 is 2.46 bits per heavy atom. The van der Waals surface area contributed by atoms with Crippen molar-refractivity contribution in [1.82, 2.24) is 9.78 Å². The minimum Gasteiger partial charge on any atom is -0.493 e. The van der Waals surface area contributed by atoms with Crippen molar-refractivity contribution in [3.63, 3.8) is 0 Å². The summed E-state index contributed by atoms with van der Waals surface area (Å²) in [5, 5.41) is 4.94. The van der Waals surface area contributed by atoms with E-state index in [9.17, 15) is 4.79 Å².